The van der Waals surface area contributed by atoms with Gasteiger partial charge in [-0.15, -0.1) is 0 Å². The Bertz CT molecular complexity index is 731. The summed E-state index contributed by atoms with van der Waals surface area (Å²) in [5.74, 6) is 0.873. The van der Waals surface area contributed by atoms with E-state index in [-0.39, 0.29) is 35.1 Å². The maximum Gasteiger partial charge on any atom is 0.258 e. The first-order valence-electron chi connectivity index (χ1n) is 9.24. The number of para-hydroxylation sites is 1. The Kier molecular flexibility index (Phi) is 3.60. The third kappa shape index (κ3) is 2.52. The van der Waals surface area contributed by atoms with Crippen LogP contribution in [0, 0.1) is 17.3 Å². The van der Waals surface area contributed by atoms with E-state index in [2.05, 4.69) is 17.6 Å². The van der Waals surface area contributed by atoms with Gasteiger partial charge in [-0.05, 0) is 50.7 Å². The molecule has 0 unspecified atom stereocenters. The molecule has 5 nitrogen and oxygen atoms in total. The van der Waals surface area contributed by atoms with Crippen molar-refractivity contribution in [3.8, 4) is 5.75 Å². The highest BCUT2D eigenvalue weighted by molar-refractivity contribution is 5.98. The molecule has 0 aromatic heterocycles. The van der Waals surface area contributed by atoms with Crippen molar-refractivity contribution >= 4 is 11.8 Å². The van der Waals surface area contributed by atoms with Gasteiger partial charge in [0.05, 0.1) is 5.56 Å². The summed E-state index contributed by atoms with van der Waals surface area (Å²) in [6, 6.07) is 7.54. The minimum atomic E-state index is -0.674. The van der Waals surface area contributed by atoms with Crippen LogP contribution in [-0.2, 0) is 4.79 Å². The quantitative estimate of drug-likeness (QED) is 0.868. The second-order valence-corrected chi connectivity index (χ2v) is 8.46. The van der Waals surface area contributed by atoms with Gasteiger partial charge in [0.2, 0.25) is 5.91 Å². The molecule has 1 aromatic carbocycles. The molecule has 0 radical (unpaired) electrons. The summed E-state index contributed by atoms with van der Waals surface area (Å²) in [5.41, 5.74) is -0.241. The zero-order chi connectivity index (χ0) is 17.8. The van der Waals surface area contributed by atoms with E-state index >= 15 is 0 Å². The summed E-state index contributed by atoms with van der Waals surface area (Å²) in [7, 11) is 0. The van der Waals surface area contributed by atoms with Crippen molar-refractivity contribution < 1.29 is 14.3 Å². The van der Waals surface area contributed by atoms with Gasteiger partial charge in [0.15, 0.2) is 5.72 Å². The van der Waals surface area contributed by atoms with Crippen LogP contribution in [0.2, 0.25) is 0 Å². The molecule has 3 fully saturated rings. The maximum absolute atomic E-state index is 12.7. The molecule has 3 aliphatic carbocycles. The lowest BCUT2D eigenvalue weighted by Gasteiger charge is -2.59. The average molecular weight is 342 g/mol. The second kappa shape index (κ2) is 5.48. The lowest BCUT2D eigenvalue weighted by Crippen LogP contribution is -2.69. The normalized spacial score (nSPS) is 35.9. The minimum Gasteiger partial charge on any atom is -0.467 e. The first-order chi connectivity index (χ1) is 11.8. The number of ether oxygens (including phenoxy) is 1. The Balaban J connectivity index is 1.64. The minimum absolute atomic E-state index is 0.0167. The average Bonchev–Trinajstić information content (AvgIpc) is 2.53. The Morgan fingerprint density at radius 3 is 2.84 bits per heavy atom. The molecule has 5 rings (SSSR count). The van der Waals surface area contributed by atoms with Gasteiger partial charge >= 0.3 is 0 Å². The molecule has 25 heavy (non-hydrogen) atoms. The van der Waals surface area contributed by atoms with Crippen LogP contribution in [-0.4, -0.2) is 23.6 Å². The van der Waals surface area contributed by atoms with Crippen LogP contribution in [0.1, 0.15) is 56.8 Å². The van der Waals surface area contributed by atoms with E-state index in [4.69, 9.17) is 4.74 Å². The van der Waals surface area contributed by atoms with Gasteiger partial charge in [0, 0.05) is 24.3 Å². The summed E-state index contributed by atoms with van der Waals surface area (Å²) in [6.07, 6.45) is 3.42. The van der Waals surface area contributed by atoms with Gasteiger partial charge in [0.25, 0.3) is 5.91 Å². The number of rotatable bonds is 2. The van der Waals surface area contributed by atoms with Gasteiger partial charge in [-0.1, -0.05) is 19.1 Å². The summed E-state index contributed by atoms with van der Waals surface area (Å²) >= 11 is 0. The molecule has 3 saturated carbocycles. The zero-order valence-corrected chi connectivity index (χ0v) is 15.1. The second-order valence-electron chi connectivity index (χ2n) is 8.46. The summed E-state index contributed by atoms with van der Waals surface area (Å²) in [5, 5.41) is 6.22. The highest BCUT2D eigenvalue weighted by Crippen LogP contribution is 2.58. The van der Waals surface area contributed by atoms with Crippen LogP contribution >= 0.6 is 0 Å². The van der Waals surface area contributed by atoms with Crippen LogP contribution in [0.25, 0.3) is 0 Å². The Morgan fingerprint density at radius 2 is 2.12 bits per heavy atom. The molecule has 1 heterocycles. The summed E-state index contributed by atoms with van der Waals surface area (Å²) in [6.45, 7) is 6.15. The fraction of sp³-hybridized carbons (Fsp3) is 0.600. The monoisotopic (exact) mass is 342 g/mol. The lowest BCUT2D eigenvalue weighted by atomic mass is 9.52. The number of carbonyl (C=O) groups is 2. The molecule has 2 N–H and O–H groups in total. The van der Waals surface area contributed by atoms with Crippen LogP contribution in [0.5, 0.6) is 5.75 Å². The van der Waals surface area contributed by atoms with Gasteiger partial charge in [-0.25, -0.2) is 0 Å². The van der Waals surface area contributed by atoms with Crippen molar-refractivity contribution in [2.24, 2.45) is 17.3 Å². The van der Waals surface area contributed by atoms with Crippen molar-refractivity contribution in [1.29, 1.82) is 0 Å². The first kappa shape index (κ1) is 16.4. The molecule has 2 amide bonds. The maximum atomic E-state index is 12.7. The summed E-state index contributed by atoms with van der Waals surface area (Å²) in [4.78, 5) is 25.3. The smallest absolute Gasteiger partial charge is 0.258 e. The highest BCUT2D eigenvalue weighted by Gasteiger charge is 2.61. The van der Waals surface area contributed by atoms with Crippen molar-refractivity contribution in [2.75, 3.05) is 0 Å². The fourth-order valence-electron chi connectivity index (χ4n) is 5.04. The third-order valence-corrected chi connectivity index (χ3v) is 6.25. The molecule has 1 spiro atoms. The van der Waals surface area contributed by atoms with Gasteiger partial charge in [-0.3, -0.25) is 9.59 Å². The Morgan fingerprint density at radius 1 is 1.36 bits per heavy atom. The van der Waals surface area contributed by atoms with Gasteiger partial charge in [0.1, 0.15) is 5.75 Å². The third-order valence-electron chi connectivity index (χ3n) is 6.25. The number of hydrogen-bond donors (Lipinski definition) is 2. The molecular weight excluding hydrogens is 316 g/mol. The fourth-order valence-corrected chi connectivity index (χ4v) is 5.04. The van der Waals surface area contributed by atoms with E-state index < -0.39 is 5.72 Å². The number of nitrogens with one attached hydrogen (secondary N) is 2. The van der Waals surface area contributed by atoms with Crippen molar-refractivity contribution in [1.82, 2.24) is 10.6 Å². The van der Waals surface area contributed by atoms with Gasteiger partial charge in [-0.2, -0.15) is 0 Å². The first-order valence-corrected chi connectivity index (χ1v) is 9.24. The highest BCUT2D eigenvalue weighted by atomic mass is 16.5. The van der Waals surface area contributed by atoms with E-state index in [1.165, 1.54) is 0 Å². The van der Waals surface area contributed by atoms with Crippen LogP contribution in [0.4, 0.5) is 0 Å². The molecule has 5 heteroatoms. The molecule has 0 saturated heterocycles. The number of amides is 2. The molecular formula is C20H26N2O3. The molecule has 134 valence electrons. The number of carbonyl (C=O) groups excluding carboxylic acids is 2. The standard InChI is InChI=1S/C20H26N2O3/c1-12(2)21-18(24)15-10-13-8-9-19(15,3)11-20(13)22-17(23)14-6-4-5-7-16(14)25-20/h4-7,12-13,15H,8-11H2,1-3H3,(H,21,24)(H,22,23)/t13-,15+,19-,20+/m1/s1. The van der Waals surface area contributed by atoms with Crippen molar-refractivity contribution in [3.63, 3.8) is 0 Å². The molecule has 4 aliphatic rings. The Hall–Kier alpha value is -2.04. The topological polar surface area (TPSA) is 67.4 Å². The van der Waals surface area contributed by atoms with E-state index in [1.807, 2.05) is 32.0 Å². The van der Waals surface area contributed by atoms with Crippen LogP contribution in [0.3, 0.4) is 0 Å². The van der Waals surface area contributed by atoms with Crippen molar-refractivity contribution in [2.45, 2.75) is 58.2 Å². The van der Waals surface area contributed by atoms with Crippen LogP contribution < -0.4 is 15.4 Å². The molecule has 2 bridgehead atoms. The molecule has 1 aromatic rings. The number of fused-ring (bicyclic) bond motifs is 3. The number of hydrogen-bond acceptors (Lipinski definition) is 3. The predicted octanol–water partition coefficient (Wildman–Crippen LogP) is 2.86. The largest absolute Gasteiger partial charge is 0.467 e. The van der Waals surface area contributed by atoms with E-state index in [1.54, 1.807) is 6.07 Å². The number of benzene rings is 1. The molecule has 4 atom stereocenters. The van der Waals surface area contributed by atoms with E-state index in [0.717, 1.165) is 19.3 Å². The predicted molar refractivity (Wildman–Crippen MR) is 94.1 cm³/mol. The SMILES string of the molecule is CC(C)NC(=O)[C@@H]1C[C@H]2CC[C@]1(C)C[C@@]21NC(=O)c2ccccc2O1. The molecule has 1 aliphatic heterocycles. The van der Waals surface area contributed by atoms with E-state index in [0.29, 0.717) is 17.7 Å². The zero-order valence-electron chi connectivity index (χ0n) is 15.1. The summed E-state index contributed by atoms with van der Waals surface area (Å²) < 4.78 is 6.38. The Labute approximate surface area is 148 Å². The van der Waals surface area contributed by atoms with Crippen LogP contribution in [0.15, 0.2) is 24.3 Å². The van der Waals surface area contributed by atoms with Gasteiger partial charge < -0.3 is 15.4 Å². The lowest BCUT2D eigenvalue weighted by molar-refractivity contribution is -0.167. The van der Waals surface area contributed by atoms with Crippen molar-refractivity contribution in [3.05, 3.63) is 29.8 Å². The van der Waals surface area contributed by atoms with E-state index in [9.17, 15) is 9.59 Å².